The lowest BCUT2D eigenvalue weighted by atomic mass is 10.0. The van der Waals surface area contributed by atoms with Gasteiger partial charge in [0.1, 0.15) is 11.4 Å². The molecule has 6 nitrogen and oxygen atoms in total. The average molecular weight is 319 g/mol. The molecular weight excluding hydrogens is 306 g/mol. The molecule has 6 heteroatoms. The molecule has 0 saturated heterocycles. The fourth-order valence-electron chi connectivity index (χ4n) is 2.74. The van der Waals surface area contributed by atoms with Crippen molar-refractivity contribution in [1.82, 2.24) is 15.1 Å². The van der Waals surface area contributed by atoms with Gasteiger partial charge in [0.15, 0.2) is 5.58 Å². The number of ether oxygens (including phenoxy) is 1. The van der Waals surface area contributed by atoms with Crippen molar-refractivity contribution in [2.45, 2.75) is 0 Å². The van der Waals surface area contributed by atoms with Crippen LogP contribution >= 0.6 is 0 Å². The summed E-state index contributed by atoms with van der Waals surface area (Å²) in [5.41, 5.74) is 2.89. The van der Waals surface area contributed by atoms with Gasteiger partial charge in [-0.3, -0.25) is 4.79 Å². The Bertz CT molecular complexity index is 1080. The zero-order chi connectivity index (χ0) is 16.5. The van der Waals surface area contributed by atoms with E-state index < -0.39 is 0 Å². The number of rotatable bonds is 3. The molecule has 0 fully saturated rings. The molecule has 0 radical (unpaired) electrons. The topological polar surface area (TPSA) is 81.0 Å². The lowest BCUT2D eigenvalue weighted by Gasteiger charge is -2.05. The highest BCUT2D eigenvalue weighted by molar-refractivity contribution is 6.00. The number of hydrogen-bond acceptors (Lipinski definition) is 5. The minimum atomic E-state index is -0.229. The van der Waals surface area contributed by atoms with Gasteiger partial charge in [0.2, 0.25) is 0 Å². The van der Waals surface area contributed by atoms with Crippen LogP contribution in [-0.4, -0.2) is 22.2 Å². The summed E-state index contributed by atoms with van der Waals surface area (Å²) in [7, 11) is 1.61. The molecule has 0 saturated carbocycles. The first-order valence-electron chi connectivity index (χ1n) is 7.34. The summed E-state index contributed by atoms with van der Waals surface area (Å²) in [5.74, 6) is 0.706. The van der Waals surface area contributed by atoms with Gasteiger partial charge < -0.3 is 14.2 Å². The summed E-state index contributed by atoms with van der Waals surface area (Å²) in [4.78, 5) is 18.6. The Morgan fingerprint density at radius 3 is 2.71 bits per heavy atom. The van der Waals surface area contributed by atoms with Crippen LogP contribution in [-0.2, 0) is 0 Å². The van der Waals surface area contributed by atoms with Crippen LogP contribution in [0.5, 0.6) is 5.75 Å². The van der Waals surface area contributed by atoms with Crippen LogP contribution < -0.4 is 10.3 Å². The first-order chi connectivity index (χ1) is 11.8. The molecule has 2 heterocycles. The van der Waals surface area contributed by atoms with Crippen molar-refractivity contribution in [2.75, 3.05) is 7.11 Å². The monoisotopic (exact) mass is 319 g/mol. The van der Waals surface area contributed by atoms with Gasteiger partial charge in [-0.1, -0.05) is 29.4 Å². The molecule has 0 aliphatic rings. The number of fused-ring (bicyclic) bond motifs is 1. The number of hydrogen-bond donors (Lipinski definition) is 1. The van der Waals surface area contributed by atoms with Crippen LogP contribution in [0, 0.1) is 0 Å². The highest BCUT2D eigenvalue weighted by Gasteiger charge is 2.18. The molecule has 0 amide bonds. The van der Waals surface area contributed by atoms with Crippen LogP contribution in [0.2, 0.25) is 0 Å². The van der Waals surface area contributed by atoms with Crippen LogP contribution in [0.4, 0.5) is 0 Å². The van der Waals surface area contributed by atoms with Gasteiger partial charge in [0.05, 0.1) is 24.4 Å². The highest BCUT2D eigenvalue weighted by atomic mass is 16.5. The molecule has 24 heavy (non-hydrogen) atoms. The Balaban J connectivity index is 1.98. The van der Waals surface area contributed by atoms with E-state index in [1.54, 1.807) is 7.11 Å². The third-order valence-electron chi connectivity index (χ3n) is 3.87. The first-order valence-corrected chi connectivity index (χ1v) is 7.34. The number of methoxy groups -OCH3 is 1. The van der Waals surface area contributed by atoms with Crippen LogP contribution in [0.3, 0.4) is 0 Å². The van der Waals surface area contributed by atoms with Gasteiger partial charge in [0, 0.05) is 17.3 Å². The number of H-pyrrole nitrogens is 1. The molecule has 0 atom stereocenters. The predicted octanol–water partition coefficient (Wildman–Crippen LogP) is 3.25. The van der Waals surface area contributed by atoms with Gasteiger partial charge in [-0.2, -0.15) is 0 Å². The van der Waals surface area contributed by atoms with Crippen LogP contribution in [0.1, 0.15) is 0 Å². The zero-order valence-electron chi connectivity index (χ0n) is 12.8. The first kappa shape index (κ1) is 14.2. The van der Waals surface area contributed by atoms with Crippen molar-refractivity contribution in [3.05, 3.63) is 65.3 Å². The SMILES string of the molecule is COc1ccccc1-c1noc2c(-c3cnc[nH]c3=O)cccc12. The highest BCUT2D eigenvalue weighted by Crippen LogP contribution is 2.36. The quantitative estimate of drug-likeness (QED) is 0.627. The summed E-state index contributed by atoms with van der Waals surface area (Å²) in [6.45, 7) is 0. The lowest BCUT2D eigenvalue weighted by Crippen LogP contribution is -2.08. The minimum absolute atomic E-state index is 0.229. The largest absolute Gasteiger partial charge is 0.496 e. The maximum absolute atomic E-state index is 12.1. The Morgan fingerprint density at radius 2 is 1.88 bits per heavy atom. The number of aromatic nitrogens is 3. The standard InChI is InChI=1S/C18H13N3O3/c1-23-15-8-3-2-5-12(15)16-13-7-4-6-11(17(13)24-21-16)14-9-19-10-20-18(14)22/h2-10H,1H3,(H,19,20,22). The summed E-state index contributed by atoms with van der Waals surface area (Å²) in [6, 6.07) is 13.2. The van der Waals surface area contributed by atoms with E-state index in [0.717, 1.165) is 10.9 Å². The Kier molecular flexibility index (Phi) is 3.35. The normalized spacial score (nSPS) is 10.9. The van der Waals surface area contributed by atoms with Crippen molar-refractivity contribution in [2.24, 2.45) is 0 Å². The molecule has 118 valence electrons. The Hall–Kier alpha value is -3.41. The third-order valence-corrected chi connectivity index (χ3v) is 3.87. The summed E-state index contributed by atoms with van der Waals surface area (Å²) in [6.07, 6.45) is 2.87. The fraction of sp³-hybridized carbons (Fsp3) is 0.0556. The van der Waals surface area contributed by atoms with Crippen LogP contribution in [0.15, 0.2) is 64.3 Å². The second kappa shape index (κ2) is 5.66. The Morgan fingerprint density at radius 1 is 1.04 bits per heavy atom. The van der Waals surface area contributed by atoms with E-state index in [4.69, 9.17) is 9.26 Å². The van der Waals surface area contributed by atoms with E-state index in [9.17, 15) is 4.79 Å². The molecular formula is C18H13N3O3. The maximum Gasteiger partial charge on any atom is 0.258 e. The van der Waals surface area contributed by atoms with Gasteiger partial charge in [0.25, 0.3) is 5.56 Å². The smallest absolute Gasteiger partial charge is 0.258 e. The summed E-state index contributed by atoms with van der Waals surface area (Å²) in [5, 5.41) is 5.01. The summed E-state index contributed by atoms with van der Waals surface area (Å²) < 4.78 is 11.0. The number of para-hydroxylation sites is 2. The predicted molar refractivity (Wildman–Crippen MR) is 89.8 cm³/mol. The third kappa shape index (κ3) is 2.16. The average Bonchev–Trinajstić information content (AvgIpc) is 3.06. The number of benzene rings is 2. The maximum atomic E-state index is 12.1. The van der Waals surface area contributed by atoms with Gasteiger partial charge >= 0.3 is 0 Å². The molecule has 2 aromatic carbocycles. The van der Waals surface area contributed by atoms with E-state index in [-0.39, 0.29) is 5.56 Å². The fourth-order valence-corrected chi connectivity index (χ4v) is 2.74. The molecule has 0 bridgehead atoms. The molecule has 0 aliphatic carbocycles. The Labute approximate surface area is 136 Å². The number of nitrogens with zero attached hydrogens (tertiary/aromatic N) is 2. The molecule has 0 unspecified atom stereocenters. The molecule has 4 rings (SSSR count). The van der Waals surface area contributed by atoms with Crippen molar-refractivity contribution in [3.63, 3.8) is 0 Å². The molecule has 4 aromatic rings. The molecule has 0 aliphatic heterocycles. The number of aromatic amines is 1. The molecule has 0 spiro atoms. The summed E-state index contributed by atoms with van der Waals surface area (Å²) >= 11 is 0. The van der Waals surface area contributed by atoms with Crippen molar-refractivity contribution in [3.8, 4) is 28.1 Å². The van der Waals surface area contributed by atoms with E-state index in [1.807, 2.05) is 42.5 Å². The van der Waals surface area contributed by atoms with Crippen molar-refractivity contribution < 1.29 is 9.26 Å². The van der Waals surface area contributed by atoms with Crippen molar-refractivity contribution in [1.29, 1.82) is 0 Å². The second-order valence-electron chi connectivity index (χ2n) is 5.21. The number of nitrogens with one attached hydrogen (secondary N) is 1. The minimum Gasteiger partial charge on any atom is -0.496 e. The van der Waals surface area contributed by atoms with E-state index >= 15 is 0 Å². The van der Waals surface area contributed by atoms with Gasteiger partial charge in [-0.05, 0) is 18.2 Å². The van der Waals surface area contributed by atoms with E-state index in [2.05, 4.69) is 15.1 Å². The lowest BCUT2D eigenvalue weighted by molar-refractivity contribution is 0.415. The van der Waals surface area contributed by atoms with E-state index in [0.29, 0.717) is 28.2 Å². The van der Waals surface area contributed by atoms with Gasteiger partial charge in [-0.25, -0.2) is 4.98 Å². The van der Waals surface area contributed by atoms with Crippen molar-refractivity contribution >= 4 is 11.0 Å². The zero-order valence-corrected chi connectivity index (χ0v) is 12.8. The second-order valence-corrected chi connectivity index (χ2v) is 5.21. The molecule has 2 aromatic heterocycles. The van der Waals surface area contributed by atoms with Crippen LogP contribution in [0.25, 0.3) is 33.4 Å². The molecule has 1 N–H and O–H groups in total. The van der Waals surface area contributed by atoms with E-state index in [1.165, 1.54) is 12.5 Å². The van der Waals surface area contributed by atoms with Gasteiger partial charge in [-0.15, -0.1) is 0 Å².